The Balaban J connectivity index is 1.82. The summed E-state index contributed by atoms with van der Waals surface area (Å²) in [6.45, 7) is 2.24. The number of hydroxylamine groups is 1. The number of piperidine rings is 1. The first-order valence-electron chi connectivity index (χ1n) is 7.54. The molecule has 0 spiro atoms. The van der Waals surface area contributed by atoms with Gasteiger partial charge in [0.15, 0.2) is 0 Å². The Kier molecular flexibility index (Phi) is 4.34. The number of benzene rings is 1. The summed E-state index contributed by atoms with van der Waals surface area (Å²) in [4.78, 5) is 17.8. The molecule has 1 aliphatic rings. The van der Waals surface area contributed by atoms with Gasteiger partial charge in [-0.2, -0.15) is 0 Å². The van der Waals surface area contributed by atoms with Gasteiger partial charge in [0.25, 0.3) is 5.91 Å². The molecule has 0 unspecified atom stereocenters. The maximum atomic E-state index is 11.4. The summed E-state index contributed by atoms with van der Waals surface area (Å²) in [5, 5.41) is 8.69. The summed E-state index contributed by atoms with van der Waals surface area (Å²) in [6.07, 6.45) is 5.40. The molecule has 3 rings (SSSR count). The molecule has 0 saturated carbocycles. The SMILES string of the molecule is O=C(NO)c1cc(-c2ccc(N3CCCCC3)cc2)ccn1. The van der Waals surface area contributed by atoms with E-state index in [1.165, 1.54) is 24.9 Å². The minimum atomic E-state index is -0.605. The second-order valence-corrected chi connectivity index (χ2v) is 5.47. The van der Waals surface area contributed by atoms with E-state index in [2.05, 4.69) is 34.1 Å². The third-order valence-corrected chi connectivity index (χ3v) is 4.02. The Labute approximate surface area is 129 Å². The molecule has 0 atom stereocenters. The third kappa shape index (κ3) is 3.09. The van der Waals surface area contributed by atoms with Crippen molar-refractivity contribution in [2.24, 2.45) is 0 Å². The highest BCUT2D eigenvalue weighted by Gasteiger charge is 2.11. The molecular formula is C17H19N3O2. The van der Waals surface area contributed by atoms with Gasteiger partial charge in [-0.15, -0.1) is 0 Å². The molecule has 1 aromatic heterocycles. The minimum absolute atomic E-state index is 0.195. The van der Waals surface area contributed by atoms with Crippen LogP contribution >= 0.6 is 0 Å². The van der Waals surface area contributed by atoms with Crippen LogP contribution in [0.25, 0.3) is 11.1 Å². The molecule has 1 saturated heterocycles. The molecule has 0 bridgehead atoms. The fourth-order valence-corrected chi connectivity index (χ4v) is 2.81. The van der Waals surface area contributed by atoms with Gasteiger partial charge in [-0.25, -0.2) is 5.48 Å². The fraction of sp³-hybridized carbons (Fsp3) is 0.294. The lowest BCUT2D eigenvalue weighted by Crippen LogP contribution is -2.29. The van der Waals surface area contributed by atoms with E-state index in [-0.39, 0.29) is 5.69 Å². The monoisotopic (exact) mass is 297 g/mol. The van der Waals surface area contributed by atoms with E-state index in [9.17, 15) is 4.79 Å². The first-order chi connectivity index (χ1) is 10.8. The highest BCUT2D eigenvalue weighted by molar-refractivity contribution is 5.92. The molecule has 5 nitrogen and oxygen atoms in total. The van der Waals surface area contributed by atoms with Crippen LogP contribution in [0.15, 0.2) is 42.6 Å². The molecule has 0 aliphatic carbocycles. The molecule has 5 heteroatoms. The number of hydrogen-bond donors (Lipinski definition) is 2. The standard InChI is InChI=1S/C17H19N3O2/c21-17(19-22)16-12-14(8-9-18-16)13-4-6-15(7-5-13)20-10-2-1-3-11-20/h4-9,12,22H,1-3,10-11H2,(H,19,21). The number of nitrogens with one attached hydrogen (secondary N) is 1. The zero-order valence-corrected chi connectivity index (χ0v) is 12.3. The number of carbonyl (C=O) groups is 1. The maximum Gasteiger partial charge on any atom is 0.293 e. The van der Waals surface area contributed by atoms with Crippen molar-refractivity contribution in [2.75, 3.05) is 18.0 Å². The Morgan fingerprint density at radius 3 is 2.45 bits per heavy atom. The predicted octanol–water partition coefficient (Wildman–Crippen LogP) is 2.86. The normalized spacial score (nSPS) is 14.7. The topological polar surface area (TPSA) is 65.5 Å². The van der Waals surface area contributed by atoms with Gasteiger partial charge in [-0.05, 0) is 54.7 Å². The van der Waals surface area contributed by atoms with E-state index in [4.69, 9.17) is 5.21 Å². The summed E-state index contributed by atoms with van der Waals surface area (Å²) < 4.78 is 0. The van der Waals surface area contributed by atoms with E-state index in [1.54, 1.807) is 17.7 Å². The van der Waals surface area contributed by atoms with Crippen LogP contribution in [0.3, 0.4) is 0 Å². The largest absolute Gasteiger partial charge is 0.372 e. The van der Waals surface area contributed by atoms with E-state index in [1.807, 2.05) is 6.07 Å². The third-order valence-electron chi connectivity index (χ3n) is 4.02. The number of aromatic nitrogens is 1. The average Bonchev–Trinajstić information content (AvgIpc) is 2.62. The zero-order valence-electron chi connectivity index (χ0n) is 12.3. The zero-order chi connectivity index (χ0) is 15.4. The minimum Gasteiger partial charge on any atom is -0.372 e. The van der Waals surface area contributed by atoms with Crippen molar-refractivity contribution in [1.82, 2.24) is 10.5 Å². The van der Waals surface area contributed by atoms with Gasteiger partial charge in [-0.1, -0.05) is 12.1 Å². The van der Waals surface area contributed by atoms with Crippen molar-refractivity contribution in [1.29, 1.82) is 0 Å². The van der Waals surface area contributed by atoms with Crippen molar-refractivity contribution in [3.8, 4) is 11.1 Å². The highest BCUT2D eigenvalue weighted by atomic mass is 16.5. The van der Waals surface area contributed by atoms with E-state index >= 15 is 0 Å². The van der Waals surface area contributed by atoms with Crippen LogP contribution in [0.5, 0.6) is 0 Å². The lowest BCUT2D eigenvalue weighted by molar-refractivity contribution is 0.0701. The van der Waals surface area contributed by atoms with Crippen LogP contribution in [-0.2, 0) is 0 Å². The molecular weight excluding hydrogens is 278 g/mol. The number of nitrogens with zero attached hydrogens (tertiary/aromatic N) is 2. The molecule has 1 aliphatic heterocycles. The molecule has 22 heavy (non-hydrogen) atoms. The molecule has 0 radical (unpaired) electrons. The van der Waals surface area contributed by atoms with Gasteiger partial charge in [0.2, 0.25) is 0 Å². The van der Waals surface area contributed by atoms with Crippen molar-refractivity contribution in [3.05, 3.63) is 48.3 Å². The molecule has 1 fully saturated rings. The van der Waals surface area contributed by atoms with E-state index in [0.29, 0.717) is 0 Å². The average molecular weight is 297 g/mol. The van der Waals surface area contributed by atoms with Crippen LogP contribution in [0.4, 0.5) is 5.69 Å². The predicted molar refractivity (Wildman–Crippen MR) is 85.0 cm³/mol. The first-order valence-corrected chi connectivity index (χ1v) is 7.54. The van der Waals surface area contributed by atoms with Crippen LogP contribution in [-0.4, -0.2) is 29.2 Å². The van der Waals surface area contributed by atoms with Crippen molar-refractivity contribution in [2.45, 2.75) is 19.3 Å². The van der Waals surface area contributed by atoms with Crippen LogP contribution in [0.2, 0.25) is 0 Å². The van der Waals surface area contributed by atoms with Crippen molar-refractivity contribution < 1.29 is 10.0 Å². The van der Waals surface area contributed by atoms with Crippen molar-refractivity contribution >= 4 is 11.6 Å². The maximum absolute atomic E-state index is 11.4. The fourth-order valence-electron chi connectivity index (χ4n) is 2.81. The molecule has 1 aromatic carbocycles. The van der Waals surface area contributed by atoms with Gasteiger partial charge in [0.05, 0.1) is 0 Å². The van der Waals surface area contributed by atoms with Gasteiger partial charge in [-0.3, -0.25) is 15.0 Å². The smallest absolute Gasteiger partial charge is 0.293 e. The summed E-state index contributed by atoms with van der Waals surface area (Å²) in [5.41, 5.74) is 4.96. The summed E-state index contributed by atoms with van der Waals surface area (Å²) >= 11 is 0. The first kappa shape index (κ1) is 14.5. The second kappa shape index (κ2) is 6.58. The number of pyridine rings is 1. The van der Waals surface area contributed by atoms with Crippen LogP contribution < -0.4 is 10.4 Å². The van der Waals surface area contributed by atoms with Gasteiger partial charge >= 0.3 is 0 Å². The number of amides is 1. The number of hydrogen-bond acceptors (Lipinski definition) is 4. The molecule has 2 N–H and O–H groups in total. The Hall–Kier alpha value is -2.40. The summed E-state index contributed by atoms with van der Waals surface area (Å²) in [7, 11) is 0. The number of anilines is 1. The molecule has 2 heterocycles. The summed E-state index contributed by atoms with van der Waals surface area (Å²) in [5.74, 6) is -0.605. The van der Waals surface area contributed by atoms with Gasteiger partial charge < -0.3 is 4.90 Å². The van der Waals surface area contributed by atoms with E-state index in [0.717, 1.165) is 24.2 Å². The van der Waals surface area contributed by atoms with Gasteiger partial charge in [0.1, 0.15) is 5.69 Å². The Bertz CT molecular complexity index is 649. The van der Waals surface area contributed by atoms with Gasteiger partial charge in [0, 0.05) is 25.0 Å². The lowest BCUT2D eigenvalue weighted by Gasteiger charge is -2.28. The van der Waals surface area contributed by atoms with Crippen LogP contribution in [0, 0.1) is 0 Å². The Morgan fingerprint density at radius 1 is 1.05 bits per heavy atom. The Morgan fingerprint density at radius 2 is 1.77 bits per heavy atom. The molecule has 1 amide bonds. The molecule has 114 valence electrons. The second-order valence-electron chi connectivity index (χ2n) is 5.47. The van der Waals surface area contributed by atoms with Crippen LogP contribution in [0.1, 0.15) is 29.8 Å². The van der Waals surface area contributed by atoms with Crippen molar-refractivity contribution in [3.63, 3.8) is 0 Å². The quantitative estimate of drug-likeness (QED) is 0.675. The number of carbonyl (C=O) groups excluding carboxylic acids is 1. The summed E-state index contributed by atoms with van der Waals surface area (Å²) in [6, 6.07) is 11.9. The molecule has 2 aromatic rings. The highest BCUT2D eigenvalue weighted by Crippen LogP contribution is 2.25. The number of rotatable bonds is 3. The lowest BCUT2D eigenvalue weighted by atomic mass is 10.0. The van der Waals surface area contributed by atoms with E-state index < -0.39 is 5.91 Å².